The van der Waals surface area contributed by atoms with E-state index < -0.39 is 30.7 Å². The molecule has 1 fully saturated rings. The topological polar surface area (TPSA) is 147 Å². The van der Waals surface area contributed by atoms with Crippen molar-refractivity contribution in [1.29, 1.82) is 0 Å². The van der Waals surface area contributed by atoms with Crippen LogP contribution in [0.5, 0.6) is 0 Å². The van der Waals surface area contributed by atoms with Crippen molar-refractivity contribution in [3.8, 4) is 0 Å². The van der Waals surface area contributed by atoms with Gasteiger partial charge in [-0.1, -0.05) is 0 Å². The lowest BCUT2D eigenvalue weighted by atomic mass is 9.99. The van der Waals surface area contributed by atoms with Crippen LogP contribution in [-0.4, -0.2) is 97.2 Å². The van der Waals surface area contributed by atoms with Crippen LogP contribution in [0, 0.1) is 0 Å². The Morgan fingerprint density at radius 3 is 2.24 bits per heavy atom. The molecular formula is C12H26N2O7. The first-order valence-corrected chi connectivity index (χ1v) is 7.02. The minimum atomic E-state index is -1.51. The number of rotatable bonds is 10. The highest BCUT2D eigenvalue weighted by Gasteiger charge is 2.42. The smallest absolute Gasteiger partial charge is 0.184 e. The average molecular weight is 310 g/mol. The number of hydrogen-bond donors (Lipinski definition) is 6. The van der Waals surface area contributed by atoms with Crippen molar-refractivity contribution in [2.45, 2.75) is 30.7 Å². The van der Waals surface area contributed by atoms with E-state index in [2.05, 4.69) is 5.32 Å². The summed E-state index contributed by atoms with van der Waals surface area (Å²) in [6.45, 7) is 3.12. The summed E-state index contributed by atoms with van der Waals surface area (Å²) in [5.74, 6) is 0. The Bertz CT molecular complexity index is 272. The number of hydrogen-bond acceptors (Lipinski definition) is 9. The molecule has 2 unspecified atom stereocenters. The van der Waals surface area contributed by atoms with Crippen LogP contribution in [0.1, 0.15) is 0 Å². The van der Waals surface area contributed by atoms with Gasteiger partial charge in [0.15, 0.2) is 6.29 Å². The van der Waals surface area contributed by atoms with E-state index in [9.17, 15) is 20.4 Å². The molecule has 0 radical (unpaired) electrons. The Balaban J connectivity index is 2.04. The van der Waals surface area contributed by atoms with Crippen LogP contribution in [0.15, 0.2) is 0 Å². The molecule has 5 atom stereocenters. The highest BCUT2D eigenvalue weighted by Crippen LogP contribution is 2.19. The van der Waals surface area contributed by atoms with Crippen LogP contribution in [0.25, 0.3) is 0 Å². The molecule has 0 saturated carbocycles. The molecule has 0 spiro atoms. The monoisotopic (exact) mass is 310 g/mol. The van der Waals surface area contributed by atoms with Gasteiger partial charge in [-0.25, -0.2) is 0 Å². The fourth-order valence-corrected chi connectivity index (χ4v) is 1.89. The Kier molecular flexibility index (Phi) is 9.24. The van der Waals surface area contributed by atoms with E-state index in [1.807, 2.05) is 0 Å². The summed E-state index contributed by atoms with van der Waals surface area (Å²) in [4.78, 5) is 0. The van der Waals surface area contributed by atoms with Crippen molar-refractivity contribution < 1.29 is 34.6 Å². The zero-order valence-corrected chi connectivity index (χ0v) is 11.9. The molecular weight excluding hydrogens is 284 g/mol. The summed E-state index contributed by atoms with van der Waals surface area (Å²) >= 11 is 0. The first-order chi connectivity index (χ1) is 10.1. The molecule has 1 aliphatic heterocycles. The molecule has 0 aromatic heterocycles. The standard InChI is InChI=1S/C12H26N2O7/c13-1-3-19-5-6-20-4-2-14-7-8-9(15)10(16)11(17)12(18)21-8/h8-12,14-18H,1-7,13H2/t8?,9-,10-,11+,12?/m0/s1. The lowest BCUT2D eigenvalue weighted by Gasteiger charge is -2.38. The van der Waals surface area contributed by atoms with Gasteiger partial charge in [-0.3, -0.25) is 0 Å². The van der Waals surface area contributed by atoms with Crippen molar-refractivity contribution in [3.05, 3.63) is 0 Å². The highest BCUT2D eigenvalue weighted by atomic mass is 16.6. The molecule has 126 valence electrons. The van der Waals surface area contributed by atoms with E-state index in [0.29, 0.717) is 39.5 Å². The molecule has 9 heteroatoms. The minimum Gasteiger partial charge on any atom is -0.388 e. The summed E-state index contributed by atoms with van der Waals surface area (Å²) in [6, 6.07) is 0. The predicted molar refractivity (Wildman–Crippen MR) is 72.5 cm³/mol. The Labute approximate surface area is 123 Å². The molecule has 7 N–H and O–H groups in total. The van der Waals surface area contributed by atoms with Gasteiger partial charge in [0, 0.05) is 19.6 Å². The van der Waals surface area contributed by atoms with E-state index >= 15 is 0 Å². The van der Waals surface area contributed by atoms with Gasteiger partial charge in [-0.15, -0.1) is 0 Å². The fourth-order valence-electron chi connectivity index (χ4n) is 1.89. The maximum atomic E-state index is 9.70. The zero-order valence-electron chi connectivity index (χ0n) is 11.9. The van der Waals surface area contributed by atoms with Crippen LogP contribution in [0.3, 0.4) is 0 Å². The lowest BCUT2D eigenvalue weighted by Crippen LogP contribution is -2.59. The number of nitrogens with one attached hydrogen (secondary N) is 1. The fraction of sp³-hybridized carbons (Fsp3) is 1.00. The molecule has 0 aromatic rings. The van der Waals surface area contributed by atoms with Crippen LogP contribution in [0.4, 0.5) is 0 Å². The van der Waals surface area contributed by atoms with Gasteiger partial charge in [-0.2, -0.15) is 0 Å². The van der Waals surface area contributed by atoms with Crippen LogP contribution < -0.4 is 11.1 Å². The second kappa shape index (κ2) is 10.4. The Morgan fingerprint density at radius 2 is 1.57 bits per heavy atom. The van der Waals surface area contributed by atoms with Crippen molar-refractivity contribution in [1.82, 2.24) is 5.32 Å². The van der Waals surface area contributed by atoms with E-state index in [-0.39, 0.29) is 6.54 Å². The maximum Gasteiger partial charge on any atom is 0.184 e. The van der Waals surface area contributed by atoms with Gasteiger partial charge in [0.2, 0.25) is 0 Å². The van der Waals surface area contributed by atoms with Gasteiger partial charge in [-0.05, 0) is 0 Å². The van der Waals surface area contributed by atoms with Gasteiger partial charge >= 0.3 is 0 Å². The third kappa shape index (κ3) is 6.51. The quantitative estimate of drug-likeness (QED) is 0.225. The largest absolute Gasteiger partial charge is 0.388 e. The van der Waals surface area contributed by atoms with Crippen molar-refractivity contribution in [2.75, 3.05) is 46.1 Å². The van der Waals surface area contributed by atoms with Crippen molar-refractivity contribution in [2.24, 2.45) is 5.73 Å². The minimum absolute atomic E-state index is 0.217. The lowest BCUT2D eigenvalue weighted by molar-refractivity contribution is -0.280. The predicted octanol–water partition coefficient (Wildman–Crippen LogP) is -3.63. The Hall–Kier alpha value is -0.360. The van der Waals surface area contributed by atoms with Crippen LogP contribution in [-0.2, 0) is 14.2 Å². The van der Waals surface area contributed by atoms with Crippen LogP contribution in [0.2, 0.25) is 0 Å². The second-order valence-electron chi connectivity index (χ2n) is 4.75. The van der Waals surface area contributed by atoms with Gasteiger partial charge in [0.1, 0.15) is 24.4 Å². The van der Waals surface area contributed by atoms with E-state index in [4.69, 9.17) is 19.9 Å². The van der Waals surface area contributed by atoms with E-state index in [0.717, 1.165) is 0 Å². The normalized spacial score (nSPS) is 33.3. The Morgan fingerprint density at radius 1 is 0.905 bits per heavy atom. The molecule has 0 bridgehead atoms. The highest BCUT2D eigenvalue weighted by molar-refractivity contribution is 4.89. The number of aliphatic hydroxyl groups is 4. The number of ether oxygens (including phenoxy) is 3. The SMILES string of the molecule is NCCOCCOCCNCC1OC(O)[C@H](O)[C@@H](O)[C@H]1O. The van der Waals surface area contributed by atoms with Gasteiger partial charge in [0.25, 0.3) is 0 Å². The average Bonchev–Trinajstić information content (AvgIpc) is 2.48. The maximum absolute atomic E-state index is 9.70. The van der Waals surface area contributed by atoms with Gasteiger partial charge in [0.05, 0.1) is 26.4 Å². The third-order valence-electron chi connectivity index (χ3n) is 3.09. The number of aliphatic hydroxyl groups excluding tert-OH is 4. The molecule has 21 heavy (non-hydrogen) atoms. The van der Waals surface area contributed by atoms with Crippen molar-refractivity contribution in [3.63, 3.8) is 0 Å². The molecule has 0 amide bonds. The molecule has 9 nitrogen and oxygen atoms in total. The first kappa shape index (κ1) is 18.7. The summed E-state index contributed by atoms with van der Waals surface area (Å²) in [6.07, 6.45) is -6.51. The van der Waals surface area contributed by atoms with Crippen LogP contribution >= 0.6 is 0 Å². The first-order valence-electron chi connectivity index (χ1n) is 7.02. The molecule has 1 aliphatic rings. The second-order valence-corrected chi connectivity index (χ2v) is 4.75. The number of nitrogens with two attached hydrogens (primary N) is 1. The van der Waals surface area contributed by atoms with Crippen molar-refractivity contribution >= 4 is 0 Å². The summed E-state index contributed by atoms with van der Waals surface area (Å²) < 4.78 is 15.4. The third-order valence-corrected chi connectivity index (χ3v) is 3.09. The molecule has 0 aliphatic carbocycles. The molecule has 1 saturated heterocycles. The molecule has 0 aromatic carbocycles. The van der Waals surface area contributed by atoms with E-state index in [1.54, 1.807) is 0 Å². The van der Waals surface area contributed by atoms with Gasteiger partial charge < -0.3 is 45.7 Å². The summed E-state index contributed by atoms with van der Waals surface area (Å²) in [5, 5.41) is 40.9. The molecule has 1 rings (SSSR count). The summed E-state index contributed by atoms with van der Waals surface area (Å²) in [5.41, 5.74) is 5.26. The molecule has 1 heterocycles. The van der Waals surface area contributed by atoms with E-state index in [1.165, 1.54) is 0 Å². The summed E-state index contributed by atoms with van der Waals surface area (Å²) in [7, 11) is 0. The zero-order chi connectivity index (χ0) is 15.7.